The molecule has 1 rings (SSSR count). The number of benzene rings is 1. The zero-order valence-corrected chi connectivity index (χ0v) is 9.30. The predicted molar refractivity (Wildman–Crippen MR) is 56.5 cm³/mol. The molecule has 0 aliphatic heterocycles. The summed E-state index contributed by atoms with van der Waals surface area (Å²) in [6, 6.07) is 2.47. The molecule has 1 N–H and O–H groups in total. The smallest absolute Gasteiger partial charge is 0.340 e. The summed E-state index contributed by atoms with van der Waals surface area (Å²) in [5.74, 6) is -3.17. The number of esters is 1. The lowest BCUT2D eigenvalue weighted by Crippen LogP contribution is -2.13. The summed E-state index contributed by atoms with van der Waals surface area (Å²) < 4.78 is 31.2. The molecule has 0 spiro atoms. The van der Waals surface area contributed by atoms with Crippen LogP contribution in [0.15, 0.2) is 12.1 Å². The van der Waals surface area contributed by atoms with Crippen LogP contribution in [0.1, 0.15) is 24.2 Å². The maximum Gasteiger partial charge on any atom is 0.340 e. The Morgan fingerprint density at radius 1 is 1.31 bits per heavy atom. The highest BCUT2D eigenvalue weighted by Crippen LogP contribution is 2.21. The lowest BCUT2D eigenvalue weighted by atomic mass is 10.1. The molecular formula is C11H13F2NO2. The second-order valence-corrected chi connectivity index (χ2v) is 3.58. The summed E-state index contributed by atoms with van der Waals surface area (Å²) in [5.41, 5.74) is -0.380. The summed E-state index contributed by atoms with van der Waals surface area (Å²) in [4.78, 5) is 11.1. The van der Waals surface area contributed by atoms with Crippen molar-refractivity contribution in [1.29, 1.82) is 0 Å². The molecule has 0 radical (unpaired) electrons. The lowest BCUT2D eigenvalue weighted by Gasteiger charge is -2.12. The van der Waals surface area contributed by atoms with Crippen LogP contribution in [0, 0.1) is 11.6 Å². The van der Waals surface area contributed by atoms with Crippen molar-refractivity contribution in [3.8, 4) is 0 Å². The van der Waals surface area contributed by atoms with E-state index in [2.05, 4.69) is 10.1 Å². The highest BCUT2D eigenvalue weighted by molar-refractivity contribution is 5.90. The summed E-state index contributed by atoms with van der Waals surface area (Å²) in [6.45, 7) is 3.59. The molecule has 0 atom stereocenters. The molecule has 0 aromatic heterocycles. The minimum atomic E-state index is -1.20. The van der Waals surface area contributed by atoms with Gasteiger partial charge in [0.05, 0.1) is 18.4 Å². The van der Waals surface area contributed by atoms with Crippen LogP contribution in [0.3, 0.4) is 0 Å². The first-order valence-corrected chi connectivity index (χ1v) is 4.80. The number of halogens is 2. The van der Waals surface area contributed by atoms with Gasteiger partial charge in [-0.05, 0) is 26.0 Å². The zero-order valence-electron chi connectivity index (χ0n) is 9.30. The Morgan fingerprint density at radius 2 is 1.94 bits per heavy atom. The van der Waals surface area contributed by atoms with E-state index in [9.17, 15) is 13.6 Å². The van der Waals surface area contributed by atoms with Gasteiger partial charge in [0.15, 0.2) is 11.6 Å². The molecule has 88 valence electrons. The molecule has 3 nitrogen and oxygen atoms in total. The van der Waals surface area contributed by atoms with Gasteiger partial charge in [-0.2, -0.15) is 0 Å². The summed E-state index contributed by atoms with van der Waals surface area (Å²) >= 11 is 0. The number of carbonyl (C=O) groups is 1. The Bertz CT molecular complexity index is 405. The quantitative estimate of drug-likeness (QED) is 0.809. The van der Waals surface area contributed by atoms with Gasteiger partial charge in [0, 0.05) is 6.04 Å². The van der Waals surface area contributed by atoms with Crippen LogP contribution in [0.2, 0.25) is 0 Å². The Morgan fingerprint density at radius 3 is 2.44 bits per heavy atom. The molecule has 0 aliphatic carbocycles. The number of rotatable bonds is 3. The van der Waals surface area contributed by atoms with E-state index in [1.165, 1.54) is 12.1 Å². The maximum atomic E-state index is 13.5. The monoisotopic (exact) mass is 229 g/mol. The van der Waals surface area contributed by atoms with Crippen molar-refractivity contribution in [1.82, 2.24) is 0 Å². The molecular weight excluding hydrogens is 216 g/mol. The molecule has 0 unspecified atom stereocenters. The first kappa shape index (κ1) is 12.4. The van der Waals surface area contributed by atoms with Gasteiger partial charge in [-0.3, -0.25) is 0 Å². The maximum absolute atomic E-state index is 13.5. The Kier molecular flexibility index (Phi) is 3.82. The number of ether oxygens (including phenoxy) is 1. The van der Waals surface area contributed by atoms with Crippen LogP contribution < -0.4 is 5.32 Å². The molecule has 0 aliphatic rings. The third kappa shape index (κ3) is 2.48. The zero-order chi connectivity index (χ0) is 12.3. The second kappa shape index (κ2) is 4.92. The Hall–Kier alpha value is -1.65. The van der Waals surface area contributed by atoms with Gasteiger partial charge in [0.1, 0.15) is 0 Å². The fourth-order valence-electron chi connectivity index (χ4n) is 1.24. The van der Waals surface area contributed by atoms with Crippen molar-refractivity contribution in [3.05, 3.63) is 29.3 Å². The molecule has 0 amide bonds. The van der Waals surface area contributed by atoms with E-state index >= 15 is 0 Å². The number of anilines is 1. The van der Waals surface area contributed by atoms with E-state index in [1.54, 1.807) is 13.8 Å². The van der Waals surface area contributed by atoms with Crippen LogP contribution in [0.5, 0.6) is 0 Å². The average molecular weight is 229 g/mol. The Labute approximate surface area is 92.4 Å². The van der Waals surface area contributed by atoms with Gasteiger partial charge in [0.2, 0.25) is 0 Å². The van der Waals surface area contributed by atoms with Gasteiger partial charge in [-0.25, -0.2) is 13.6 Å². The van der Waals surface area contributed by atoms with Crippen LogP contribution in [-0.2, 0) is 4.74 Å². The van der Waals surface area contributed by atoms with Crippen LogP contribution in [-0.4, -0.2) is 19.1 Å². The molecule has 0 saturated heterocycles. The summed E-state index contributed by atoms with van der Waals surface area (Å²) in [5, 5.41) is 2.73. The first-order chi connectivity index (χ1) is 7.47. The molecule has 0 fully saturated rings. The van der Waals surface area contributed by atoms with E-state index < -0.39 is 23.2 Å². The van der Waals surface area contributed by atoms with Gasteiger partial charge in [0.25, 0.3) is 0 Å². The van der Waals surface area contributed by atoms with E-state index in [4.69, 9.17) is 0 Å². The van der Waals surface area contributed by atoms with Gasteiger partial charge in [-0.15, -0.1) is 0 Å². The summed E-state index contributed by atoms with van der Waals surface area (Å²) in [6.07, 6.45) is 0. The van der Waals surface area contributed by atoms with Crippen molar-refractivity contribution in [2.75, 3.05) is 12.4 Å². The Balaban J connectivity index is 3.13. The van der Waals surface area contributed by atoms with Crippen molar-refractivity contribution in [2.24, 2.45) is 0 Å². The topological polar surface area (TPSA) is 38.3 Å². The molecule has 0 bridgehead atoms. The molecule has 16 heavy (non-hydrogen) atoms. The van der Waals surface area contributed by atoms with Crippen molar-refractivity contribution in [2.45, 2.75) is 19.9 Å². The minimum absolute atomic E-state index is 0.0279. The number of carbonyl (C=O) groups excluding carboxylic acids is 1. The van der Waals surface area contributed by atoms with Crippen molar-refractivity contribution < 1.29 is 18.3 Å². The fourth-order valence-corrected chi connectivity index (χ4v) is 1.24. The lowest BCUT2D eigenvalue weighted by molar-refractivity contribution is 0.0594. The second-order valence-electron chi connectivity index (χ2n) is 3.58. The van der Waals surface area contributed by atoms with Gasteiger partial charge in [-0.1, -0.05) is 0 Å². The van der Waals surface area contributed by atoms with Crippen molar-refractivity contribution in [3.63, 3.8) is 0 Å². The fraction of sp³-hybridized carbons (Fsp3) is 0.364. The predicted octanol–water partition coefficient (Wildman–Crippen LogP) is 2.57. The van der Waals surface area contributed by atoms with Gasteiger partial charge >= 0.3 is 5.97 Å². The van der Waals surface area contributed by atoms with Crippen LogP contribution >= 0.6 is 0 Å². The third-order valence-corrected chi connectivity index (χ3v) is 1.93. The highest BCUT2D eigenvalue weighted by atomic mass is 19.2. The number of nitrogens with one attached hydrogen (secondary N) is 1. The van der Waals surface area contributed by atoms with E-state index in [1.807, 2.05) is 0 Å². The minimum Gasteiger partial charge on any atom is -0.465 e. The molecule has 0 heterocycles. The number of hydrogen-bond donors (Lipinski definition) is 1. The van der Waals surface area contributed by atoms with Crippen LogP contribution in [0.25, 0.3) is 0 Å². The molecule has 0 saturated carbocycles. The molecule has 5 heteroatoms. The van der Waals surface area contributed by atoms with E-state index in [-0.39, 0.29) is 11.7 Å². The average Bonchev–Trinajstić information content (AvgIpc) is 2.23. The first-order valence-electron chi connectivity index (χ1n) is 4.80. The SMILES string of the molecule is COC(=O)c1ccc(NC(C)C)c(F)c1F. The highest BCUT2D eigenvalue weighted by Gasteiger charge is 2.19. The number of hydrogen-bond acceptors (Lipinski definition) is 3. The van der Waals surface area contributed by atoms with Crippen molar-refractivity contribution >= 4 is 11.7 Å². The molecule has 1 aromatic carbocycles. The van der Waals surface area contributed by atoms with E-state index in [0.717, 1.165) is 7.11 Å². The largest absolute Gasteiger partial charge is 0.465 e. The third-order valence-electron chi connectivity index (χ3n) is 1.93. The number of methoxy groups -OCH3 is 1. The summed E-state index contributed by atoms with van der Waals surface area (Å²) in [7, 11) is 1.11. The van der Waals surface area contributed by atoms with Crippen LogP contribution in [0.4, 0.5) is 14.5 Å². The van der Waals surface area contributed by atoms with E-state index in [0.29, 0.717) is 0 Å². The normalized spacial score (nSPS) is 10.4. The molecule has 1 aromatic rings. The standard InChI is InChI=1S/C11H13F2NO2/c1-6(2)14-8-5-4-7(11(15)16-3)9(12)10(8)13/h4-6,14H,1-3H3. The van der Waals surface area contributed by atoms with Gasteiger partial charge < -0.3 is 10.1 Å².